The van der Waals surface area contributed by atoms with Crippen LogP contribution in [0.5, 0.6) is 0 Å². The molecule has 0 bridgehead atoms. The van der Waals surface area contributed by atoms with Gasteiger partial charge in [-0.25, -0.2) is 9.50 Å². The fourth-order valence-electron chi connectivity index (χ4n) is 2.52. The maximum absolute atomic E-state index is 13.0. The van der Waals surface area contributed by atoms with E-state index in [9.17, 15) is 4.79 Å². The fourth-order valence-corrected chi connectivity index (χ4v) is 3.02. The normalized spacial score (nSPS) is 14.2. The standard InChI is InChI=1S/C16H12BrClN4O/c17-13-9-20-21-6-5-10(7-14(13)21)16(23)22(12-2-3-12)15-4-1-11(18)8-19-15/h1,4-9,12H,2-3H2. The zero-order valence-electron chi connectivity index (χ0n) is 12.0. The molecule has 4 rings (SSSR count). The van der Waals surface area contributed by atoms with Crippen molar-refractivity contribution in [3.8, 4) is 0 Å². The molecule has 1 fully saturated rings. The Bertz CT molecular complexity index is 889. The van der Waals surface area contributed by atoms with Crippen molar-refractivity contribution < 1.29 is 4.79 Å². The van der Waals surface area contributed by atoms with Gasteiger partial charge in [0.2, 0.25) is 0 Å². The van der Waals surface area contributed by atoms with E-state index in [2.05, 4.69) is 26.0 Å². The van der Waals surface area contributed by atoms with Crippen LogP contribution in [0.4, 0.5) is 5.82 Å². The van der Waals surface area contributed by atoms with Gasteiger partial charge in [-0.1, -0.05) is 11.6 Å². The number of nitrogens with zero attached hydrogens (tertiary/aromatic N) is 4. The number of amides is 1. The van der Waals surface area contributed by atoms with Gasteiger partial charge in [0.05, 0.1) is 21.2 Å². The maximum atomic E-state index is 13.0. The van der Waals surface area contributed by atoms with Crippen LogP contribution in [0.25, 0.3) is 5.52 Å². The first kappa shape index (κ1) is 14.7. The monoisotopic (exact) mass is 390 g/mol. The van der Waals surface area contributed by atoms with Crippen molar-refractivity contribution in [2.24, 2.45) is 0 Å². The third-order valence-electron chi connectivity index (χ3n) is 3.81. The first-order chi connectivity index (χ1) is 11.1. The number of hydrogen-bond donors (Lipinski definition) is 0. The van der Waals surface area contributed by atoms with Gasteiger partial charge in [0.1, 0.15) is 5.82 Å². The van der Waals surface area contributed by atoms with Crippen LogP contribution in [0.15, 0.2) is 47.3 Å². The van der Waals surface area contributed by atoms with Crippen molar-refractivity contribution >= 4 is 44.8 Å². The van der Waals surface area contributed by atoms with E-state index in [1.54, 1.807) is 46.2 Å². The zero-order valence-corrected chi connectivity index (χ0v) is 14.3. The molecule has 0 aromatic carbocycles. The molecular weight excluding hydrogens is 380 g/mol. The van der Waals surface area contributed by atoms with Crippen molar-refractivity contribution in [1.82, 2.24) is 14.6 Å². The second-order valence-corrected chi connectivity index (χ2v) is 6.77. The molecule has 1 aliphatic rings. The quantitative estimate of drug-likeness (QED) is 0.679. The third-order valence-corrected chi connectivity index (χ3v) is 4.65. The zero-order chi connectivity index (χ0) is 16.0. The Hall–Kier alpha value is -1.92. The summed E-state index contributed by atoms with van der Waals surface area (Å²) >= 11 is 9.34. The minimum absolute atomic E-state index is 0.0575. The largest absolute Gasteiger partial charge is 0.290 e. The molecule has 3 heterocycles. The summed E-state index contributed by atoms with van der Waals surface area (Å²) in [4.78, 5) is 19.1. The molecule has 7 heteroatoms. The van der Waals surface area contributed by atoms with Gasteiger partial charge in [-0.2, -0.15) is 5.10 Å². The summed E-state index contributed by atoms with van der Waals surface area (Å²) in [7, 11) is 0. The Morgan fingerprint density at radius 2 is 2.13 bits per heavy atom. The Morgan fingerprint density at radius 3 is 2.83 bits per heavy atom. The molecule has 3 aromatic heterocycles. The molecule has 1 saturated carbocycles. The van der Waals surface area contributed by atoms with Crippen molar-refractivity contribution in [2.45, 2.75) is 18.9 Å². The molecule has 0 N–H and O–H groups in total. The lowest BCUT2D eigenvalue weighted by Crippen LogP contribution is -2.33. The summed E-state index contributed by atoms with van der Waals surface area (Å²) in [5.74, 6) is 0.576. The molecule has 1 aliphatic carbocycles. The van der Waals surface area contributed by atoms with E-state index in [0.717, 1.165) is 22.8 Å². The van der Waals surface area contributed by atoms with Crippen LogP contribution in [0.1, 0.15) is 23.2 Å². The molecule has 0 atom stereocenters. The first-order valence-electron chi connectivity index (χ1n) is 7.21. The van der Waals surface area contributed by atoms with E-state index in [1.165, 1.54) is 0 Å². The topological polar surface area (TPSA) is 50.5 Å². The van der Waals surface area contributed by atoms with Gasteiger partial charge >= 0.3 is 0 Å². The van der Waals surface area contributed by atoms with Gasteiger partial charge < -0.3 is 0 Å². The molecule has 0 radical (unpaired) electrons. The SMILES string of the molecule is O=C(c1ccn2ncc(Br)c2c1)N(c1ccc(Cl)cn1)C1CC1. The van der Waals surface area contributed by atoms with Crippen LogP contribution in [-0.2, 0) is 0 Å². The van der Waals surface area contributed by atoms with Gasteiger partial charge in [0.25, 0.3) is 5.91 Å². The average molecular weight is 392 g/mol. The van der Waals surface area contributed by atoms with Crippen LogP contribution < -0.4 is 4.90 Å². The van der Waals surface area contributed by atoms with E-state index in [4.69, 9.17) is 11.6 Å². The number of fused-ring (bicyclic) bond motifs is 1. The predicted octanol–water partition coefficient (Wildman–Crippen LogP) is 3.95. The third kappa shape index (κ3) is 2.72. The first-order valence-corrected chi connectivity index (χ1v) is 8.38. The summed E-state index contributed by atoms with van der Waals surface area (Å²) in [5, 5.41) is 4.75. The minimum atomic E-state index is -0.0575. The van der Waals surface area contributed by atoms with Gasteiger partial charge in [-0.3, -0.25) is 9.69 Å². The van der Waals surface area contributed by atoms with Crippen molar-refractivity contribution in [3.63, 3.8) is 0 Å². The van der Waals surface area contributed by atoms with Crippen LogP contribution in [0.2, 0.25) is 5.02 Å². The predicted molar refractivity (Wildman–Crippen MR) is 92.0 cm³/mol. The molecular formula is C16H12BrClN4O. The van der Waals surface area contributed by atoms with Crippen LogP contribution in [-0.4, -0.2) is 26.5 Å². The molecule has 0 spiro atoms. The number of pyridine rings is 2. The van der Waals surface area contributed by atoms with Gasteiger partial charge in [-0.15, -0.1) is 0 Å². The highest BCUT2D eigenvalue weighted by Gasteiger charge is 2.35. The fraction of sp³-hybridized carbons (Fsp3) is 0.188. The Balaban J connectivity index is 1.74. The minimum Gasteiger partial charge on any atom is -0.290 e. The maximum Gasteiger partial charge on any atom is 0.259 e. The van der Waals surface area contributed by atoms with E-state index < -0.39 is 0 Å². The average Bonchev–Trinajstić information content (AvgIpc) is 3.33. The summed E-state index contributed by atoms with van der Waals surface area (Å²) in [5.41, 5.74) is 1.47. The molecule has 1 amide bonds. The smallest absolute Gasteiger partial charge is 0.259 e. The Kier molecular flexibility index (Phi) is 3.58. The number of carbonyl (C=O) groups excluding carboxylic acids is 1. The molecule has 116 valence electrons. The van der Waals surface area contributed by atoms with Crippen molar-refractivity contribution in [2.75, 3.05) is 4.90 Å². The second kappa shape index (κ2) is 5.62. The number of carbonyl (C=O) groups is 1. The lowest BCUT2D eigenvalue weighted by atomic mass is 10.2. The van der Waals surface area contributed by atoms with E-state index >= 15 is 0 Å². The highest BCUT2D eigenvalue weighted by atomic mass is 79.9. The van der Waals surface area contributed by atoms with E-state index in [1.807, 2.05) is 6.07 Å². The Morgan fingerprint density at radius 1 is 1.30 bits per heavy atom. The summed E-state index contributed by atoms with van der Waals surface area (Å²) in [6.45, 7) is 0. The van der Waals surface area contributed by atoms with Crippen molar-refractivity contribution in [3.05, 3.63) is 57.9 Å². The summed E-state index contributed by atoms with van der Waals surface area (Å²) < 4.78 is 2.58. The number of hydrogen-bond acceptors (Lipinski definition) is 3. The van der Waals surface area contributed by atoms with E-state index in [0.29, 0.717) is 16.4 Å². The van der Waals surface area contributed by atoms with E-state index in [-0.39, 0.29) is 11.9 Å². The molecule has 0 saturated heterocycles. The number of anilines is 1. The highest BCUT2D eigenvalue weighted by molar-refractivity contribution is 9.10. The van der Waals surface area contributed by atoms with Gasteiger partial charge in [0, 0.05) is 24.0 Å². The molecule has 0 aliphatic heterocycles. The Labute approximate surface area is 146 Å². The van der Waals surface area contributed by atoms with Gasteiger partial charge in [-0.05, 0) is 53.0 Å². The van der Waals surface area contributed by atoms with Crippen LogP contribution in [0, 0.1) is 0 Å². The van der Waals surface area contributed by atoms with Gasteiger partial charge in [0.15, 0.2) is 0 Å². The molecule has 23 heavy (non-hydrogen) atoms. The molecule has 5 nitrogen and oxygen atoms in total. The van der Waals surface area contributed by atoms with Crippen molar-refractivity contribution in [1.29, 1.82) is 0 Å². The van der Waals surface area contributed by atoms with Crippen LogP contribution in [0.3, 0.4) is 0 Å². The molecule has 0 unspecified atom stereocenters. The lowest BCUT2D eigenvalue weighted by molar-refractivity contribution is 0.0984. The van der Waals surface area contributed by atoms with Crippen LogP contribution >= 0.6 is 27.5 Å². The second-order valence-electron chi connectivity index (χ2n) is 5.48. The summed E-state index contributed by atoms with van der Waals surface area (Å²) in [6, 6.07) is 7.36. The number of halogens is 2. The number of rotatable bonds is 3. The summed E-state index contributed by atoms with van der Waals surface area (Å²) in [6.07, 6.45) is 7.05. The molecule has 3 aromatic rings. The number of aromatic nitrogens is 3. The lowest BCUT2D eigenvalue weighted by Gasteiger charge is -2.21. The highest BCUT2D eigenvalue weighted by Crippen LogP contribution is 2.32.